The fraction of sp³-hybridized carbons (Fsp3) is 0.300. The number of pyridine rings is 1. The van der Waals surface area contributed by atoms with Crippen molar-refractivity contribution in [2.75, 3.05) is 36.4 Å². The lowest BCUT2D eigenvalue weighted by atomic mass is 10.1. The summed E-state index contributed by atoms with van der Waals surface area (Å²) in [6.45, 7) is 2.94. The van der Waals surface area contributed by atoms with E-state index in [0.29, 0.717) is 24.7 Å². The van der Waals surface area contributed by atoms with Crippen molar-refractivity contribution in [1.82, 2.24) is 15.2 Å². The number of amides is 2. The molecule has 8 heteroatoms. The lowest BCUT2D eigenvalue weighted by molar-refractivity contribution is -0.125. The van der Waals surface area contributed by atoms with E-state index in [1.807, 2.05) is 53.4 Å². The van der Waals surface area contributed by atoms with Crippen LogP contribution in [0.15, 0.2) is 59.7 Å². The van der Waals surface area contributed by atoms with Crippen LogP contribution in [0.3, 0.4) is 0 Å². The maximum absolute atomic E-state index is 12.5. The van der Waals surface area contributed by atoms with Crippen molar-refractivity contribution in [3.63, 3.8) is 0 Å². The lowest BCUT2D eigenvalue weighted by Crippen LogP contribution is -2.56. The maximum Gasteiger partial charge on any atom is 0.249 e. The zero-order chi connectivity index (χ0) is 19.3. The molecular formula is C20H22N6O2. The van der Waals surface area contributed by atoms with Gasteiger partial charge < -0.3 is 15.1 Å². The zero-order valence-corrected chi connectivity index (χ0v) is 15.4. The molecule has 0 unspecified atom stereocenters. The van der Waals surface area contributed by atoms with Gasteiger partial charge in [0.25, 0.3) is 0 Å². The van der Waals surface area contributed by atoms with Gasteiger partial charge in [-0.15, -0.1) is 0 Å². The Morgan fingerprint density at radius 3 is 2.43 bits per heavy atom. The number of anilines is 2. The molecule has 2 amide bonds. The summed E-state index contributed by atoms with van der Waals surface area (Å²) in [5.41, 5.74) is 0.694. The topological polar surface area (TPSA) is 89.9 Å². The molecule has 1 saturated heterocycles. The minimum absolute atomic E-state index is 0.0517. The van der Waals surface area contributed by atoms with Gasteiger partial charge in [0, 0.05) is 38.1 Å². The van der Waals surface area contributed by atoms with Crippen LogP contribution in [0.1, 0.15) is 6.42 Å². The Hall–Kier alpha value is -3.42. The van der Waals surface area contributed by atoms with E-state index < -0.39 is 6.04 Å². The summed E-state index contributed by atoms with van der Waals surface area (Å²) >= 11 is 0. The number of hydrogen-bond donors (Lipinski definition) is 2. The Morgan fingerprint density at radius 1 is 1.00 bits per heavy atom. The van der Waals surface area contributed by atoms with E-state index in [9.17, 15) is 9.59 Å². The molecule has 2 aliphatic rings. The number of piperazine rings is 1. The molecule has 4 rings (SSSR count). The van der Waals surface area contributed by atoms with Gasteiger partial charge in [-0.3, -0.25) is 14.9 Å². The molecule has 2 N–H and O–H groups in total. The second-order valence-corrected chi connectivity index (χ2v) is 6.74. The highest BCUT2D eigenvalue weighted by Gasteiger charge is 2.30. The van der Waals surface area contributed by atoms with E-state index >= 15 is 0 Å². The van der Waals surface area contributed by atoms with Gasteiger partial charge in [-0.05, 0) is 24.3 Å². The number of para-hydroxylation sites is 1. The molecule has 0 saturated carbocycles. The molecule has 1 aromatic heterocycles. The molecule has 0 aliphatic carbocycles. The normalized spacial score (nSPS) is 19.6. The van der Waals surface area contributed by atoms with Gasteiger partial charge in [-0.25, -0.2) is 9.98 Å². The van der Waals surface area contributed by atoms with Crippen molar-refractivity contribution in [2.24, 2.45) is 4.99 Å². The van der Waals surface area contributed by atoms with Gasteiger partial charge in [0.15, 0.2) is 0 Å². The molecule has 0 radical (unpaired) electrons. The molecule has 8 nitrogen and oxygen atoms in total. The molecule has 0 bridgehead atoms. The quantitative estimate of drug-likeness (QED) is 0.834. The van der Waals surface area contributed by atoms with Crippen LogP contribution in [0.4, 0.5) is 11.5 Å². The number of carbonyl (C=O) groups is 2. The first-order chi connectivity index (χ1) is 13.7. The summed E-state index contributed by atoms with van der Waals surface area (Å²) in [7, 11) is 0. The van der Waals surface area contributed by atoms with E-state index in [2.05, 4.69) is 25.5 Å². The van der Waals surface area contributed by atoms with Gasteiger partial charge in [0.1, 0.15) is 11.9 Å². The number of aliphatic imine (C=N–C) groups is 1. The van der Waals surface area contributed by atoms with Gasteiger partial charge >= 0.3 is 0 Å². The number of nitrogens with one attached hydrogen (secondary N) is 2. The predicted molar refractivity (Wildman–Crippen MR) is 107 cm³/mol. The number of hydrogen-bond acceptors (Lipinski definition) is 6. The van der Waals surface area contributed by atoms with Crippen LogP contribution in [0.2, 0.25) is 0 Å². The molecule has 144 valence electrons. The van der Waals surface area contributed by atoms with Crippen LogP contribution in [0.25, 0.3) is 0 Å². The minimum atomic E-state index is -0.724. The van der Waals surface area contributed by atoms with E-state index in [1.54, 1.807) is 6.20 Å². The number of guanidine groups is 1. The Balaban J connectivity index is 1.41. The van der Waals surface area contributed by atoms with E-state index in [1.165, 1.54) is 0 Å². The van der Waals surface area contributed by atoms with Gasteiger partial charge in [-0.2, -0.15) is 0 Å². The molecule has 28 heavy (non-hydrogen) atoms. The third-order valence-electron chi connectivity index (χ3n) is 4.80. The summed E-state index contributed by atoms with van der Waals surface area (Å²) in [5, 5.41) is 5.64. The predicted octanol–water partition coefficient (Wildman–Crippen LogP) is 1.09. The lowest BCUT2D eigenvalue weighted by Gasteiger charge is -2.38. The Morgan fingerprint density at radius 2 is 1.71 bits per heavy atom. The molecule has 2 aromatic rings. The Bertz CT molecular complexity index is 863. The fourth-order valence-electron chi connectivity index (χ4n) is 3.32. The first-order valence-electron chi connectivity index (χ1n) is 9.33. The van der Waals surface area contributed by atoms with E-state index in [4.69, 9.17) is 0 Å². The second-order valence-electron chi connectivity index (χ2n) is 6.74. The molecule has 0 spiro atoms. The molecule has 1 atom stereocenters. The molecular weight excluding hydrogens is 356 g/mol. The van der Waals surface area contributed by atoms with Gasteiger partial charge in [0.05, 0.1) is 6.42 Å². The third-order valence-corrected chi connectivity index (χ3v) is 4.80. The van der Waals surface area contributed by atoms with Crippen molar-refractivity contribution in [3.8, 4) is 0 Å². The van der Waals surface area contributed by atoms with Crippen molar-refractivity contribution in [2.45, 2.75) is 12.5 Å². The highest BCUT2D eigenvalue weighted by Crippen LogP contribution is 2.15. The number of nitrogens with zero attached hydrogens (tertiary/aromatic N) is 4. The standard InChI is InChI=1S/C20H22N6O2/c27-18-14-16(19(28)22-15-6-2-1-3-7-15)23-20(24-18)26-12-10-25(11-13-26)17-8-4-5-9-21-17/h1-9,16H,10-14H2,(H,22,28)(H,23,24,27)/t16-/m1/s1. The zero-order valence-electron chi connectivity index (χ0n) is 15.4. The molecule has 2 aliphatic heterocycles. The largest absolute Gasteiger partial charge is 0.353 e. The summed E-state index contributed by atoms with van der Waals surface area (Å²) in [4.78, 5) is 37.8. The Labute approximate surface area is 163 Å². The second kappa shape index (κ2) is 8.08. The van der Waals surface area contributed by atoms with Crippen LogP contribution >= 0.6 is 0 Å². The minimum Gasteiger partial charge on any atom is -0.353 e. The summed E-state index contributed by atoms with van der Waals surface area (Å²) < 4.78 is 0. The SMILES string of the molecule is O=C1C[C@H](C(=O)Nc2ccccc2)N=C(N2CCN(c3ccccn3)CC2)N1. The maximum atomic E-state index is 12.5. The molecule has 1 fully saturated rings. The van der Waals surface area contributed by atoms with Gasteiger partial charge in [0.2, 0.25) is 17.8 Å². The average Bonchev–Trinajstić information content (AvgIpc) is 2.75. The van der Waals surface area contributed by atoms with Crippen LogP contribution in [-0.4, -0.2) is 59.9 Å². The van der Waals surface area contributed by atoms with E-state index in [0.717, 1.165) is 18.9 Å². The number of aromatic nitrogens is 1. The van der Waals surface area contributed by atoms with Crippen molar-refractivity contribution < 1.29 is 9.59 Å². The van der Waals surface area contributed by atoms with Crippen molar-refractivity contribution in [1.29, 1.82) is 0 Å². The number of rotatable bonds is 3. The highest BCUT2D eigenvalue weighted by molar-refractivity contribution is 6.06. The third kappa shape index (κ3) is 4.11. The summed E-state index contributed by atoms with van der Waals surface area (Å²) in [6, 6.07) is 14.3. The van der Waals surface area contributed by atoms with Crippen LogP contribution < -0.4 is 15.5 Å². The summed E-state index contributed by atoms with van der Waals surface area (Å²) in [5.74, 6) is 0.957. The Kier molecular flexibility index (Phi) is 5.18. The summed E-state index contributed by atoms with van der Waals surface area (Å²) in [6.07, 6.45) is 1.83. The first-order valence-corrected chi connectivity index (χ1v) is 9.33. The van der Waals surface area contributed by atoms with Gasteiger partial charge in [-0.1, -0.05) is 24.3 Å². The highest BCUT2D eigenvalue weighted by atomic mass is 16.2. The van der Waals surface area contributed by atoms with Crippen LogP contribution in [-0.2, 0) is 9.59 Å². The van der Waals surface area contributed by atoms with Crippen molar-refractivity contribution >= 4 is 29.3 Å². The number of benzene rings is 1. The first kappa shape index (κ1) is 18.0. The molecule has 3 heterocycles. The average molecular weight is 378 g/mol. The van der Waals surface area contributed by atoms with Crippen LogP contribution in [0, 0.1) is 0 Å². The van der Waals surface area contributed by atoms with Crippen molar-refractivity contribution in [3.05, 3.63) is 54.7 Å². The van der Waals surface area contributed by atoms with E-state index in [-0.39, 0.29) is 18.2 Å². The smallest absolute Gasteiger partial charge is 0.249 e. The molecule has 1 aromatic carbocycles. The van der Waals surface area contributed by atoms with Crippen LogP contribution in [0.5, 0.6) is 0 Å². The number of carbonyl (C=O) groups excluding carboxylic acids is 2. The fourth-order valence-corrected chi connectivity index (χ4v) is 3.32. The monoisotopic (exact) mass is 378 g/mol.